The number of rotatable bonds is 0. The van der Waals surface area contributed by atoms with Crippen molar-refractivity contribution in [2.45, 2.75) is 57.2 Å². The van der Waals surface area contributed by atoms with E-state index in [1.807, 2.05) is 33.8 Å². The van der Waals surface area contributed by atoms with Crippen molar-refractivity contribution in [1.82, 2.24) is 5.32 Å². The molecule has 13 heavy (non-hydrogen) atoms. The monoisotopic (exact) mass is 182 g/mol. The first-order chi connectivity index (χ1) is 5.68. The largest absolute Gasteiger partial charge is 0.375 e. The molecule has 0 saturated carbocycles. The first kappa shape index (κ1) is 10.5. The maximum atomic E-state index is 9.95. The van der Waals surface area contributed by atoms with Gasteiger partial charge in [0.1, 0.15) is 0 Å². The Hall–Kier alpha value is -0.590. The Bertz CT molecular complexity index is 234. The number of nitrogens with one attached hydrogen (secondary N) is 1. The molecule has 0 bridgehead atoms. The minimum atomic E-state index is -1.17. The third kappa shape index (κ3) is 2.43. The van der Waals surface area contributed by atoms with Crippen LogP contribution in [0.1, 0.15) is 40.5 Å². The summed E-state index contributed by atoms with van der Waals surface area (Å²) in [7, 11) is 0. The Kier molecular flexibility index (Phi) is 2.18. The molecule has 0 aliphatic carbocycles. The Morgan fingerprint density at radius 1 is 1.15 bits per heavy atom. The molecule has 3 heteroatoms. The zero-order chi connectivity index (χ0) is 10.3. The van der Waals surface area contributed by atoms with E-state index in [2.05, 4.69) is 5.32 Å². The summed E-state index contributed by atoms with van der Waals surface area (Å²) in [4.78, 5) is 0. The van der Waals surface area contributed by atoms with Gasteiger partial charge in [-0.3, -0.25) is 0 Å². The van der Waals surface area contributed by atoms with Crippen molar-refractivity contribution in [2.75, 3.05) is 0 Å². The molecule has 0 aromatic rings. The lowest BCUT2D eigenvalue weighted by Crippen LogP contribution is -2.63. The van der Waals surface area contributed by atoms with Crippen molar-refractivity contribution in [2.24, 2.45) is 0 Å². The van der Waals surface area contributed by atoms with E-state index < -0.39 is 5.60 Å². The van der Waals surface area contributed by atoms with Gasteiger partial charge in [0, 0.05) is 23.9 Å². The molecule has 1 aliphatic heterocycles. The first-order valence-corrected chi connectivity index (χ1v) is 4.61. The zero-order valence-corrected chi connectivity index (χ0v) is 8.81. The van der Waals surface area contributed by atoms with Gasteiger partial charge in [0.25, 0.3) is 0 Å². The number of piperidine rings is 1. The van der Waals surface area contributed by atoms with Gasteiger partial charge in [0.05, 0.1) is 6.07 Å². The van der Waals surface area contributed by atoms with E-state index in [1.54, 1.807) is 0 Å². The molecule has 3 nitrogen and oxygen atoms in total. The third-order valence-corrected chi connectivity index (χ3v) is 2.35. The number of nitrogens with zero attached hydrogens (tertiary/aromatic N) is 1. The fraction of sp³-hybridized carbons (Fsp3) is 0.900. The summed E-state index contributed by atoms with van der Waals surface area (Å²) in [6, 6.07) is 2.01. The van der Waals surface area contributed by atoms with Crippen molar-refractivity contribution in [3.63, 3.8) is 0 Å². The Morgan fingerprint density at radius 2 is 1.54 bits per heavy atom. The average molecular weight is 182 g/mol. The minimum absolute atomic E-state index is 0.174. The quantitative estimate of drug-likeness (QED) is 0.553. The number of aliphatic hydroxyl groups is 1. The Morgan fingerprint density at radius 3 is 1.85 bits per heavy atom. The van der Waals surface area contributed by atoms with Crippen molar-refractivity contribution in [3.8, 4) is 6.07 Å². The van der Waals surface area contributed by atoms with E-state index in [4.69, 9.17) is 5.26 Å². The molecule has 2 N–H and O–H groups in total. The third-order valence-electron chi connectivity index (χ3n) is 2.35. The van der Waals surface area contributed by atoms with Gasteiger partial charge in [-0.15, -0.1) is 0 Å². The molecule has 1 rings (SSSR count). The fourth-order valence-electron chi connectivity index (χ4n) is 2.61. The van der Waals surface area contributed by atoms with Gasteiger partial charge >= 0.3 is 0 Å². The summed E-state index contributed by atoms with van der Waals surface area (Å²) in [6.45, 7) is 8.04. The summed E-state index contributed by atoms with van der Waals surface area (Å²) in [6.07, 6.45) is 0.972. The lowest BCUT2D eigenvalue weighted by atomic mass is 9.74. The van der Waals surface area contributed by atoms with Crippen LogP contribution in [0.15, 0.2) is 0 Å². The van der Waals surface area contributed by atoms with Crippen LogP contribution in [0.25, 0.3) is 0 Å². The van der Waals surface area contributed by atoms with Gasteiger partial charge in [0.2, 0.25) is 0 Å². The normalized spacial score (nSPS) is 29.2. The van der Waals surface area contributed by atoms with Crippen molar-refractivity contribution in [1.29, 1.82) is 5.26 Å². The topological polar surface area (TPSA) is 56.0 Å². The summed E-state index contributed by atoms with van der Waals surface area (Å²) in [5, 5.41) is 22.2. The Balaban J connectivity index is 2.92. The molecule has 0 aromatic carbocycles. The van der Waals surface area contributed by atoms with Gasteiger partial charge in [-0.1, -0.05) is 0 Å². The van der Waals surface area contributed by atoms with Crippen LogP contribution in [0.2, 0.25) is 0 Å². The SMILES string of the molecule is CC1(C)CC(O)(C#N)CC(C)(C)N1. The molecule has 0 atom stereocenters. The van der Waals surface area contributed by atoms with Crippen LogP contribution < -0.4 is 5.32 Å². The van der Waals surface area contributed by atoms with Gasteiger partial charge < -0.3 is 10.4 Å². The van der Waals surface area contributed by atoms with Crippen LogP contribution in [-0.2, 0) is 0 Å². The molecule has 0 radical (unpaired) electrons. The number of hydrogen-bond donors (Lipinski definition) is 2. The number of nitriles is 1. The fourth-order valence-corrected chi connectivity index (χ4v) is 2.61. The van der Waals surface area contributed by atoms with Crippen LogP contribution in [0, 0.1) is 11.3 Å². The highest BCUT2D eigenvalue weighted by atomic mass is 16.3. The van der Waals surface area contributed by atoms with E-state index in [0.717, 1.165) is 0 Å². The van der Waals surface area contributed by atoms with E-state index >= 15 is 0 Å². The molecule has 0 spiro atoms. The molecule has 1 aliphatic rings. The Labute approximate surface area is 79.8 Å². The summed E-state index contributed by atoms with van der Waals surface area (Å²) in [5.41, 5.74) is -1.52. The maximum Gasteiger partial charge on any atom is 0.154 e. The molecule has 74 valence electrons. The van der Waals surface area contributed by atoms with E-state index in [1.165, 1.54) is 0 Å². The molecule has 0 aromatic heterocycles. The van der Waals surface area contributed by atoms with Crippen LogP contribution in [0.5, 0.6) is 0 Å². The van der Waals surface area contributed by atoms with Crippen molar-refractivity contribution < 1.29 is 5.11 Å². The van der Waals surface area contributed by atoms with Gasteiger partial charge in [0.15, 0.2) is 5.60 Å². The maximum absolute atomic E-state index is 9.95. The highest BCUT2D eigenvalue weighted by Crippen LogP contribution is 2.35. The van der Waals surface area contributed by atoms with E-state index in [-0.39, 0.29) is 11.1 Å². The van der Waals surface area contributed by atoms with E-state index in [0.29, 0.717) is 12.8 Å². The second kappa shape index (κ2) is 2.70. The van der Waals surface area contributed by atoms with E-state index in [9.17, 15) is 5.11 Å². The van der Waals surface area contributed by atoms with Crippen LogP contribution >= 0.6 is 0 Å². The zero-order valence-electron chi connectivity index (χ0n) is 8.81. The molecule has 1 fully saturated rings. The summed E-state index contributed by atoms with van der Waals surface area (Å²) < 4.78 is 0. The predicted octanol–water partition coefficient (Wildman–Crippen LogP) is 1.18. The number of hydrogen-bond acceptors (Lipinski definition) is 3. The summed E-state index contributed by atoms with van der Waals surface area (Å²) in [5.74, 6) is 0. The summed E-state index contributed by atoms with van der Waals surface area (Å²) >= 11 is 0. The smallest absolute Gasteiger partial charge is 0.154 e. The molecule has 0 amide bonds. The van der Waals surface area contributed by atoms with Gasteiger partial charge in [-0.05, 0) is 27.7 Å². The second-order valence-corrected chi connectivity index (χ2v) is 5.39. The molecule has 1 heterocycles. The minimum Gasteiger partial charge on any atom is -0.375 e. The highest BCUT2D eigenvalue weighted by molar-refractivity contribution is 5.13. The predicted molar refractivity (Wildman–Crippen MR) is 51.1 cm³/mol. The van der Waals surface area contributed by atoms with Crippen LogP contribution in [0.4, 0.5) is 0 Å². The van der Waals surface area contributed by atoms with Crippen molar-refractivity contribution in [3.05, 3.63) is 0 Å². The van der Waals surface area contributed by atoms with Crippen LogP contribution in [-0.4, -0.2) is 21.8 Å². The average Bonchev–Trinajstić information content (AvgIpc) is 1.79. The van der Waals surface area contributed by atoms with Gasteiger partial charge in [-0.25, -0.2) is 0 Å². The van der Waals surface area contributed by atoms with Gasteiger partial charge in [-0.2, -0.15) is 5.26 Å². The molecule has 1 saturated heterocycles. The van der Waals surface area contributed by atoms with Crippen molar-refractivity contribution >= 4 is 0 Å². The second-order valence-electron chi connectivity index (χ2n) is 5.39. The standard InChI is InChI=1S/C10H18N2O/c1-8(2)5-10(13,7-11)6-9(3,4)12-8/h12-13H,5-6H2,1-4H3. The van der Waals surface area contributed by atoms with Crippen LogP contribution in [0.3, 0.4) is 0 Å². The molecule has 0 unspecified atom stereocenters. The first-order valence-electron chi connectivity index (χ1n) is 4.61. The lowest BCUT2D eigenvalue weighted by Gasteiger charge is -2.47. The molecular weight excluding hydrogens is 164 g/mol. The molecular formula is C10H18N2O. The lowest BCUT2D eigenvalue weighted by molar-refractivity contribution is -0.0136. The highest BCUT2D eigenvalue weighted by Gasteiger charge is 2.46.